The highest BCUT2D eigenvalue weighted by Gasteiger charge is 2.31. The molecule has 0 spiro atoms. The first-order chi connectivity index (χ1) is 28.7. The maximum atomic E-state index is 13.1. The average Bonchev–Trinajstić information content (AvgIpc) is 3.74. The highest BCUT2D eigenvalue weighted by molar-refractivity contribution is 6.00. The minimum absolute atomic E-state index is 0.201. The summed E-state index contributed by atoms with van der Waals surface area (Å²) in [5.41, 5.74) is 6.96. The maximum Gasteiger partial charge on any atom is 0.329 e. The molecule has 1 atom stereocenters. The van der Waals surface area contributed by atoms with Gasteiger partial charge in [-0.3, -0.25) is 33.8 Å². The monoisotopic (exact) mass is 805 g/mol. The second-order valence-corrected chi connectivity index (χ2v) is 16.7. The number of piperidine rings is 1. The van der Waals surface area contributed by atoms with Crippen LogP contribution in [0.15, 0.2) is 59.7 Å². The number of fused-ring (bicyclic) bond motifs is 2. The smallest absolute Gasteiger partial charge is 0.329 e. The number of hydrogen-bond donors (Lipinski definition) is 3. The lowest BCUT2D eigenvalue weighted by Gasteiger charge is -2.34. The molecular formula is C45H59N9O5. The van der Waals surface area contributed by atoms with Gasteiger partial charge in [0, 0.05) is 95.3 Å². The third-order valence-corrected chi connectivity index (χ3v) is 12.6. The molecular weight excluding hydrogens is 747 g/mol. The van der Waals surface area contributed by atoms with Gasteiger partial charge in [-0.05, 0) is 80.2 Å². The lowest BCUT2D eigenvalue weighted by Crippen LogP contribution is -2.46. The molecule has 1 saturated carbocycles. The molecule has 0 bridgehead atoms. The van der Waals surface area contributed by atoms with Gasteiger partial charge in [0.1, 0.15) is 11.7 Å². The van der Waals surface area contributed by atoms with E-state index in [2.05, 4.69) is 67.4 Å². The first kappa shape index (κ1) is 40.9. The van der Waals surface area contributed by atoms with Crippen LogP contribution in [0.4, 0.5) is 5.95 Å². The highest BCUT2D eigenvalue weighted by Crippen LogP contribution is 2.37. The Morgan fingerprint density at radius 2 is 1.66 bits per heavy atom. The van der Waals surface area contributed by atoms with Gasteiger partial charge in [0.25, 0.3) is 0 Å². The number of amides is 2. The molecule has 314 valence electrons. The van der Waals surface area contributed by atoms with Crippen LogP contribution in [0.25, 0.3) is 33.2 Å². The molecule has 2 aliphatic heterocycles. The number of aliphatic hydroxyl groups is 1. The molecule has 14 heteroatoms. The number of carbonyl (C=O) groups excluding carboxylic acids is 2. The summed E-state index contributed by atoms with van der Waals surface area (Å²) in [6.45, 7) is 10.3. The highest BCUT2D eigenvalue weighted by atomic mass is 16.5. The van der Waals surface area contributed by atoms with Crippen molar-refractivity contribution in [2.24, 2.45) is 7.05 Å². The number of carbonyl (C=O) groups is 2. The van der Waals surface area contributed by atoms with Gasteiger partial charge in [0.05, 0.1) is 23.7 Å². The molecule has 0 radical (unpaired) electrons. The van der Waals surface area contributed by atoms with Gasteiger partial charge in [-0.15, -0.1) is 0 Å². The third-order valence-electron chi connectivity index (χ3n) is 12.6. The SMILES string of the molecule is CCCCNc1ncc2c(-c3ccc(CN4CCN(CCOCCCc5ccc6c(c5)n(C)c(=O)n6[C@H]5CCC(=O)NC5=O)CC4)cc3)cn([C@H]3CC[C@H](O)CC3)c2n1. The zero-order chi connectivity index (χ0) is 40.9. The fourth-order valence-electron chi connectivity index (χ4n) is 9.02. The number of rotatable bonds is 16. The Morgan fingerprint density at radius 3 is 2.42 bits per heavy atom. The first-order valence-electron chi connectivity index (χ1n) is 21.7. The number of hydrogen-bond acceptors (Lipinski definition) is 10. The van der Waals surface area contributed by atoms with Crippen molar-refractivity contribution >= 4 is 39.8 Å². The Labute approximate surface area is 345 Å². The largest absolute Gasteiger partial charge is 0.393 e. The van der Waals surface area contributed by atoms with Crippen molar-refractivity contribution < 1.29 is 19.4 Å². The van der Waals surface area contributed by atoms with E-state index in [1.165, 1.54) is 15.7 Å². The molecule has 0 unspecified atom stereocenters. The number of imide groups is 1. The van der Waals surface area contributed by atoms with E-state index >= 15 is 0 Å². The molecule has 14 nitrogen and oxygen atoms in total. The lowest BCUT2D eigenvalue weighted by molar-refractivity contribution is -0.135. The van der Waals surface area contributed by atoms with Crippen LogP contribution in [0.5, 0.6) is 0 Å². The van der Waals surface area contributed by atoms with Gasteiger partial charge in [-0.2, -0.15) is 4.98 Å². The molecule has 3 aromatic heterocycles. The number of imidazole rings is 1. The molecule has 2 aromatic carbocycles. The number of benzene rings is 2. The Bertz CT molecular complexity index is 2300. The maximum absolute atomic E-state index is 13.1. The molecule has 5 aromatic rings. The van der Waals surface area contributed by atoms with E-state index in [4.69, 9.17) is 9.72 Å². The van der Waals surface area contributed by atoms with Crippen LogP contribution in [0, 0.1) is 0 Å². The number of ether oxygens (including phenoxy) is 1. The standard InChI is InChI=1S/C45H59N9O5/c1-3-4-19-46-44-47-28-36-37(30-53(42(36)49-44)34-12-14-35(55)15-13-34)33-10-7-32(8-11-33)29-52-22-20-51(21-23-52)24-26-59-25-5-6-31-9-16-38-40(27-31)50(2)45(58)54(38)39-17-18-41(56)48-43(39)57/h7-11,16,27-28,30,34-35,39,55H,3-6,12-15,17-26,29H2,1-2H3,(H,46,47,49)(H,48,56,57)/t34-,35-,39-/m0/s1. The molecule has 8 rings (SSSR count). The van der Waals surface area contributed by atoms with E-state index in [0.717, 1.165) is 125 Å². The van der Waals surface area contributed by atoms with Crippen molar-refractivity contribution in [3.8, 4) is 11.1 Å². The summed E-state index contributed by atoms with van der Waals surface area (Å²) in [6, 6.07) is 14.6. The topological polar surface area (TPSA) is 152 Å². The fourth-order valence-corrected chi connectivity index (χ4v) is 9.02. The van der Waals surface area contributed by atoms with Gasteiger partial charge in [-0.25, -0.2) is 9.78 Å². The molecule has 3 fully saturated rings. The summed E-state index contributed by atoms with van der Waals surface area (Å²) < 4.78 is 11.5. The number of aliphatic hydroxyl groups excluding tert-OH is 1. The number of nitrogens with one attached hydrogen (secondary N) is 2. The summed E-state index contributed by atoms with van der Waals surface area (Å²) in [5.74, 6) is -0.0366. The number of aryl methyl sites for hydroxylation is 2. The van der Waals surface area contributed by atoms with Gasteiger partial charge in [0.2, 0.25) is 17.8 Å². The number of unbranched alkanes of at least 4 members (excludes halogenated alkanes) is 1. The van der Waals surface area contributed by atoms with E-state index in [0.29, 0.717) is 37.1 Å². The van der Waals surface area contributed by atoms with E-state index in [-0.39, 0.29) is 24.1 Å². The summed E-state index contributed by atoms with van der Waals surface area (Å²) in [7, 11) is 1.72. The summed E-state index contributed by atoms with van der Waals surface area (Å²) in [4.78, 5) is 51.9. The van der Waals surface area contributed by atoms with E-state index in [9.17, 15) is 19.5 Å². The molecule has 2 saturated heterocycles. The number of nitrogens with zero attached hydrogens (tertiary/aromatic N) is 7. The number of anilines is 1. The van der Waals surface area contributed by atoms with Crippen LogP contribution in [0.1, 0.15) is 87.9 Å². The van der Waals surface area contributed by atoms with Crippen molar-refractivity contribution in [2.45, 2.75) is 95.9 Å². The van der Waals surface area contributed by atoms with Crippen molar-refractivity contribution in [3.63, 3.8) is 0 Å². The van der Waals surface area contributed by atoms with Crippen LogP contribution in [-0.4, -0.2) is 109 Å². The van der Waals surface area contributed by atoms with Crippen molar-refractivity contribution in [3.05, 3.63) is 76.5 Å². The van der Waals surface area contributed by atoms with E-state index in [1.807, 2.05) is 24.4 Å². The Hall–Kier alpha value is -4.89. The van der Waals surface area contributed by atoms with Gasteiger partial charge in [0.15, 0.2) is 0 Å². The Morgan fingerprint density at radius 1 is 0.898 bits per heavy atom. The predicted molar refractivity (Wildman–Crippen MR) is 229 cm³/mol. The van der Waals surface area contributed by atoms with E-state index in [1.54, 1.807) is 11.6 Å². The van der Waals surface area contributed by atoms with Crippen LogP contribution < -0.4 is 16.3 Å². The minimum atomic E-state index is -0.677. The van der Waals surface area contributed by atoms with E-state index < -0.39 is 11.9 Å². The zero-order valence-electron chi connectivity index (χ0n) is 34.6. The summed E-state index contributed by atoms with van der Waals surface area (Å²) in [6.07, 6.45) is 12.0. The molecule has 3 N–H and O–H groups in total. The summed E-state index contributed by atoms with van der Waals surface area (Å²) in [5, 5.41) is 17.0. The van der Waals surface area contributed by atoms with Crippen molar-refractivity contribution in [1.29, 1.82) is 0 Å². The first-order valence-corrected chi connectivity index (χ1v) is 21.7. The quantitative estimate of drug-likeness (QED) is 0.0899. The zero-order valence-corrected chi connectivity index (χ0v) is 34.6. The lowest BCUT2D eigenvalue weighted by atomic mass is 9.93. The van der Waals surface area contributed by atoms with Crippen LogP contribution >= 0.6 is 0 Å². The third kappa shape index (κ3) is 9.30. The Balaban J connectivity index is 0.785. The van der Waals surface area contributed by atoms with Crippen LogP contribution in [-0.2, 0) is 34.3 Å². The minimum Gasteiger partial charge on any atom is -0.393 e. The molecule has 3 aliphatic rings. The van der Waals surface area contributed by atoms with Crippen LogP contribution in [0.3, 0.4) is 0 Å². The Kier molecular flexibility index (Phi) is 12.9. The van der Waals surface area contributed by atoms with Crippen molar-refractivity contribution in [2.75, 3.05) is 57.8 Å². The molecule has 5 heterocycles. The number of piperazine rings is 1. The normalized spacial score (nSPS) is 20.8. The predicted octanol–water partition coefficient (Wildman–Crippen LogP) is 5.18. The van der Waals surface area contributed by atoms with Crippen LogP contribution in [0.2, 0.25) is 0 Å². The van der Waals surface area contributed by atoms with Gasteiger partial charge >= 0.3 is 5.69 Å². The second-order valence-electron chi connectivity index (χ2n) is 16.7. The summed E-state index contributed by atoms with van der Waals surface area (Å²) >= 11 is 0. The second kappa shape index (κ2) is 18.6. The van der Waals surface area contributed by atoms with Crippen molar-refractivity contribution in [1.82, 2.24) is 38.8 Å². The average molecular weight is 806 g/mol. The van der Waals surface area contributed by atoms with Gasteiger partial charge < -0.3 is 19.7 Å². The fraction of sp³-hybridized carbons (Fsp3) is 0.533. The molecule has 1 aliphatic carbocycles. The number of aromatic nitrogens is 5. The molecule has 2 amide bonds. The van der Waals surface area contributed by atoms with Gasteiger partial charge in [-0.1, -0.05) is 43.7 Å². The molecule has 59 heavy (non-hydrogen) atoms.